The summed E-state index contributed by atoms with van der Waals surface area (Å²) >= 11 is 0. The third-order valence-corrected chi connectivity index (χ3v) is 7.87. The predicted octanol–water partition coefficient (Wildman–Crippen LogP) is 3.74. The van der Waals surface area contributed by atoms with Gasteiger partial charge in [-0.2, -0.15) is 9.67 Å². The highest BCUT2D eigenvalue weighted by Crippen LogP contribution is 2.26. The number of carbonyl (C=O) groups is 2. The van der Waals surface area contributed by atoms with E-state index in [-0.39, 0.29) is 35.4 Å². The minimum atomic E-state index is -0.245. The predicted molar refractivity (Wildman–Crippen MR) is 172 cm³/mol. The molecule has 1 aromatic carbocycles. The number of piperazine rings is 2. The van der Waals surface area contributed by atoms with Gasteiger partial charge in [0.25, 0.3) is 0 Å². The molecule has 13 nitrogen and oxygen atoms in total. The Morgan fingerprint density at radius 3 is 2.25 bits per heavy atom. The van der Waals surface area contributed by atoms with Crippen molar-refractivity contribution in [1.82, 2.24) is 29.5 Å². The van der Waals surface area contributed by atoms with Gasteiger partial charge < -0.3 is 35.4 Å². The number of aromatic nitrogens is 4. The van der Waals surface area contributed by atoms with Crippen LogP contribution in [0.15, 0.2) is 42.6 Å². The minimum Gasteiger partial charge on any atom is -0.449 e. The van der Waals surface area contributed by atoms with Gasteiger partial charge in [0.05, 0.1) is 12.3 Å². The molecule has 2 atom stereocenters. The first-order valence-electron chi connectivity index (χ1n) is 15.1. The van der Waals surface area contributed by atoms with Crippen molar-refractivity contribution in [1.29, 1.82) is 0 Å². The SMILES string of the molecule is CC(=O)N1[C@H](C)CN(c2cc(-n3nc(Nc4ccc(N5CCN(C(=O)OCC(C)(C)C)CC5)cc4)nc3N)ccn2)C[C@@H]1C. The number of nitrogens with zero attached hydrogens (tertiary/aromatic N) is 8. The average molecular weight is 605 g/mol. The molecule has 2 amide bonds. The lowest BCUT2D eigenvalue weighted by molar-refractivity contribution is -0.133. The Bertz CT molecular complexity index is 1450. The molecule has 0 spiro atoms. The van der Waals surface area contributed by atoms with Gasteiger partial charge in [-0.1, -0.05) is 20.8 Å². The number of nitrogens with one attached hydrogen (secondary N) is 1. The van der Waals surface area contributed by atoms with E-state index in [0.717, 1.165) is 36.0 Å². The molecule has 3 N–H and O–H groups in total. The van der Waals surface area contributed by atoms with E-state index in [4.69, 9.17) is 10.5 Å². The van der Waals surface area contributed by atoms with Crippen LogP contribution >= 0.6 is 0 Å². The summed E-state index contributed by atoms with van der Waals surface area (Å²) in [4.78, 5) is 41.6. The highest BCUT2D eigenvalue weighted by Gasteiger charge is 2.32. The van der Waals surface area contributed by atoms with Crippen LogP contribution in [0, 0.1) is 5.41 Å². The van der Waals surface area contributed by atoms with Crippen molar-refractivity contribution in [3.63, 3.8) is 0 Å². The van der Waals surface area contributed by atoms with Crippen LogP contribution in [-0.2, 0) is 9.53 Å². The maximum absolute atomic E-state index is 12.4. The maximum atomic E-state index is 12.4. The molecule has 236 valence electrons. The largest absolute Gasteiger partial charge is 0.449 e. The molecular formula is C31H44N10O3. The molecule has 0 saturated carbocycles. The van der Waals surface area contributed by atoms with Gasteiger partial charge in [0.1, 0.15) is 5.82 Å². The van der Waals surface area contributed by atoms with Gasteiger partial charge in [-0.3, -0.25) is 4.79 Å². The van der Waals surface area contributed by atoms with Crippen LogP contribution in [-0.4, -0.2) is 99.5 Å². The van der Waals surface area contributed by atoms with Gasteiger partial charge in [-0.05, 0) is 49.6 Å². The number of hydrogen-bond acceptors (Lipinski definition) is 10. The lowest BCUT2D eigenvalue weighted by atomic mass is 9.99. The van der Waals surface area contributed by atoms with Crippen LogP contribution in [0.2, 0.25) is 0 Å². The van der Waals surface area contributed by atoms with Crippen LogP contribution in [0.4, 0.5) is 33.9 Å². The second-order valence-corrected chi connectivity index (χ2v) is 12.9. The van der Waals surface area contributed by atoms with Crippen LogP contribution in [0.3, 0.4) is 0 Å². The Morgan fingerprint density at radius 1 is 0.977 bits per heavy atom. The monoisotopic (exact) mass is 604 g/mol. The van der Waals surface area contributed by atoms with E-state index in [1.54, 1.807) is 22.7 Å². The minimum absolute atomic E-state index is 0.0538. The first-order valence-corrected chi connectivity index (χ1v) is 15.1. The number of nitrogen functional groups attached to an aromatic ring is 1. The topological polar surface area (TPSA) is 138 Å². The fourth-order valence-electron chi connectivity index (χ4n) is 5.81. The molecule has 2 aliphatic heterocycles. The molecule has 3 aromatic rings. The zero-order valence-electron chi connectivity index (χ0n) is 26.5. The maximum Gasteiger partial charge on any atom is 0.409 e. The summed E-state index contributed by atoms with van der Waals surface area (Å²) in [6.45, 7) is 16.4. The molecule has 5 rings (SSSR count). The number of benzene rings is 1. The Hall–Kier alpha value is -4.55. The molecule has 2 fully saturated rings. The number of ether oxygens (including phenoxy) is 1. The molecule has 44 heavy (non-hydrogen) atoms. The molecule has 0 unspecified atom stereocenters. The number of anilines is 5. The van der Waals surface area contributed by atoms with Gasteiger partial charge in [-0.15, -0.1) is 5.10 Å². The summed E-state index contributed by atoms with van der Waals surface area (Å²) in [7, 11) is 0. The Labute approximate surface area is 259 Å². The van der Waals surface area contributed by atoms with E-state index >= 15 is 0 Å². The zero-order valence-corrected chi connectivity index (χ0v) is 26.5. The molecule has 2 aromatic heterocycles. The van der Waals surface area contributed by atoms with Crippen molar-refractivity contribution in [2.75, 3.05) is 66.7 Å². The highest BCUT2D eigenvalue weighted by atomic mass is 16.6. The standard InChI is InChI=1S/C31H44N10O3/c1-21-18-39(19-22(2)40(21)23(3)42)27-17-26(11-12-33-27)41-28(32)35-29(36-41)34-24-7-9-25(10-8-24)37-13-15-38(16-14-37)30(43)44-20-31(4,5)6/h7-12,17,21-22H,13-16,18-20H2,1-6H3,(H3,32,34,35,36)/t21-,22+. The van der Waals surface area contributed by atoms with Gasteiger partial charge in [0.15, 0.2) is 0 Å². The Kier molecular flexibility index (Phi) is 8.84. The molecule has 0 bridgehead atoms. The Morgan fingerprint density at radius 2 is 1.64 bits per heavy atom. The normalized spacial score (nSPS) is 19.2. The average Bonchev–Trinajstić information content (AvgIpc) is 3.35. The number of rotatable bonds is 6. The van der Waals surface area contributed by atoms with E-state index in [1.165, 1.54) is 0 Å². The molecular weight excluding hydrogens is 560 g/mol. The molecule has 13 heteroatoms. The summed E-state index contributed by atoms with van der Waals surface area (Å²) in [5.74, 6) is 1.52. The van der Waals surface area contributed by atoms with Crippen LogP contribution in [0.1, 0.15) is 41.5 Å². The van der Waals surface area contributed by atoms with E-state index in [0.29, 0.717) is 38.7 Å². The fraction of sp³-hybridized carbons (Fsp3) is 0.516. The molecule has 2 saturated heterocycles. The second kappa shape index (κ2) is 12.6. The summed E-state index contributed by atoms with van der Waals surface area (Å²) in [5, 5.41) is 7.85. The lowest BCUT2D eigenvalue weighted by Crippen LogP contribution is -2.58. The van der Waals surface area contributed by atoms with Gasteiger partial charge in [0, 0.05) is 81.9 Å². The van der Waals surface area contributed by atoms with Gasteiger partial charge >= 0.3 is 6.09 Å². The van der Waals surface area contributed by atoms with Crippen molar-refractivity contribution >= 4 is 41.1 Å². The number of nitrogens with two attached hydrogens (primary N) is 1. The molecule has 2 aliphatic rings. The van der Waals surface area contributed by atoms with E-state index < -0.39 is 0 Å². The third-order valence-electron chi connectivity index (χ3n) is 7.87. The van der Waals surface area contributed by atoms with E-state index in [2.05, 4.69) is 44.0 Å². The number of carbonyl (C=O) groups excluding carboxylic acids is 2. The van der Waals surface area contributed by atoms with Crippen LogP contribution < -0.4 is 20.9 Å². The van der Waals surface area contributed by atoms with E-state index in [9.17, 15) is 9.59 Å². The third kappa shape index (κ3) is 7.14. The number of hydrogen-bond donors (Lipinski definition) is 2. The van der Waals surface area contributed by atoms with Gasteiger partial charge in [-0.25, -0.2) is 9.78 Å². The van der Waals surface area contributed by atoms with Crippen molar-refractivity contribution in [3.05, 3.63) is 42.6 Å². The lowest BCUT2D eigenvalue weighted by Gasteiger charge is -2.44. The van der Waals surface area contributed by atoms with Crippen molar-refractivity contribution in [2.45, 2.75) is 53.6 Å². The first-order chi connectivity index (χ1) is 20.9. The second-order valence-electron chi connectivity index (χ2n) is 12.9. The summed E-state index contributed by atoms with van der Waals surface area (Å²) < 4.78 is 7.06. The summed E-state index contributed by atoms with van der Waals surface area (Å²) in [6.07, 6.45) is 1.49. The molecule has 0 aliphatic carbocycles. The fourth-order valence-corrected chi connectivity index (χ4v) is 5.81. The molecule has 0 radical (unpaired) electrons. The van der Waals surface area contributed by atoms with Crippen LogP contribution in [0.25, 0.3) is 5.69 Å². The van der Waals surface area contributed by atoms with Crippen molar-refractivity contribution in [2.24, 2.45) is 5.41 Å². The number of amides is 2. The smallest absolute Gasteiger partial charge is 0.409 e. The quantitative estimate of drug-likeness (QED) is 0.428. The Balaban J connectivity index is 1.19. The van der Waals surface area contributed by atoms with Crippen LogP contribution in [0.5, 0.6) is 0 Å². The van der Waals surface area contributed by atoms with Gasteiger partial charge in [0.2, 0.25) is 17.8 Å². The van der Waals surface area contributed by atoms with Crippen molar-refractivity contribution in [3.8, 4) is 5.69 Å². The first kappa shape index (κ1) is 30.9. The highest BCUT2D eigenvalue weighted by molar-refractivity contribution is 5.74. The summed E-state index contributed by atoms with van der Waals surface area (Å²) in [6, 6.07) is 12.0. The summed E-state index contributed by atoms with van der Waals surface area (Å²) in [5.41, 5.74) is 8.88. The van der Waals surface area contributed by atoms with Crippen molar-refractivity contribution < 1.29 is 14.3 Å². The zero-order chi connectivity index (χ0) is 31.6. The van der Waals surface area contributed by atoms with E-state index in [1.807, 2.05) is 62.1 Å². The molecule has 4 heterocycles. The number of pyridine rings is 1.